The summed E-state index contributed by atoms with van der Waals surface area (Å²) in [6.45, 7) is 5.61. The lowest BCUT2D eigenvalue weighted by atomic mass is 9.83. The second-order valence-corrected chi connectivity index (χ2v) is 7.07. The fraction of sp³-hybridized carbons (Fsp3) is 0.765. The van der Waals surface area contributed by atoms with Crippen molar-refractivity contribution in [3.63, 3.8) is 0 Å². The van der Waals surface area contributed by atoms with Crippen molar-refractivity contribution in [3.05, 3.63) is 0 Å². The molecule has 142 valence electrons. The highest BCUT2D eigenvalue weighted by Crippen LogP contribution is 2.22. The van der Waals surface area contributed by atoms with Gasteiger partial charge in [-0.05, 0) is 46.5 Å². The molecule has 0 heterocycles. The van der Waals surface area contributed by atoms with Crippen LogP contribution in [0.1, 0.15) is 52.9 Å². The van der Waals surface area contributed by atoms with Gasteiger partial charge in [0.25, 0.3) is 0 Å². The molecule has 0 aromatic carbocycles. The summed E-state index contributed by atoms with van der Waals surface area (Å²) in [4.78, 5) is 46.4. The normalized spacial score (nSPS) is 17.9. The third-order valence-corrected chi connectivity index (χ3v) is 3.78. The lowest BCUT2D eigenvalue weighted by Crippen LogP contribution is -2.44. The summed E-state index contributed by atoms with van der Waals surface area (Å²) in [5.74, 6) is -1.27. The molecule has 0 spiro atoms. The van der Waals surface area contributed by atoms with Crippen LogP contribution in [0.2, 0.25) is 0 Å². The number of hydrogen-bond donors (Lipinski definition) is 2. The summed E-state index contributed by atoms with van der Waals surface area (Å²) < 4.78 is 9.82. The third kappa shape index (κ3) is 7.53. The Kier molecular flexibility index (Phi) is 7.86. The zero-order valence-corrected chi connectivity index (χ0v) is 15.3. The van der Waals surface area contributed by atoms with Gasteiger partial charge < -0.3 is 20.1 Å². The minimum Gasteiger partial charge on any atom is -0.467 e. The van der Waals surface area contributed by atoms with E-state index in [9.17, 15) is 19.2 Å². The van der Waals surface area contributed by atoms with Crippen LogP contribution in [-0.4, -0.2) is 49.1 Å². The maximum Gasteiger partial charge on any atom is 0.408 e. The molecule has 0 bridgehead atoms. The molecule has 2 amide bonds. The monoisotopic (exact) mass is 356 g/mol. The Morgan fingerprint density at radius 2 is 1.92 bits per heavy atom. The van der Waals surface area contributed by atoms with Crippen molar-refractivity contribution in [1.82, 2.24) is 10.6 Å². The first-order valence-corrected chi connectivity index (χ1v) is 8.52. The highest BCUT2D eigenvalue weighted by molar-refractivity contribution is 6.05. The number of esters is 1. The summed E-state index contributed by atoms with van der Waals surface area (Å²) in [5.41, 5.74) is -0.659. The number of nitrogens with one attached hydrogen (secondary N) is 2. The first-order chi connectivity index (χ1) is 11.6. The molecule has 1 aliphatic rings. The number of methoxy groups -OCH3 is 1. The van der Waals surface area contributed by atoms with Crippen molar-refractivity contribution in [3.8, 4) is 0 Å². The Bertz CT molecular complexity index is 512. The van der Waals surface area contributed by atoms with E-state index in [-0.39, 0.29) is 11.7 Å². The fourth-order valence-corrected chi connectivity index (χ4v) is 2.33. The molecule has 8 heteroatoms. The van der Waals surface area contributed by atoms with E-state index in [4.69, 9.17) is 4.74 Å². The molecule has 0 aromatic heterocycles. The van der Waals surface area contributed by atoms with E-state index in [1.807, 2.05) is 0 Å². The van der Waals surface area contributed by atoms with Gasteiger partial charge in [-0.15, -0.1) is 0 Å². The quantitative estimate of drug-likeness (QED) is 0.385. The minimum atomic E-state index is -0.802. The van der Waals surface area contributed by atoms with E-state index < -0.39 is 29.6 Å². The van der Waals surface area contributed by atoms with Gasteiger partial charge in [-0.1, -0.05) is 0 Å². The molecule has 8 nitrogen and oxygen atoms in total. The van der Waals surface area contributed by atoms with Gasteiger partial charge in [0.15, 0.2) is 0 Å². The Balaban J connectivity index is 2.30. The standard InChI is InChI=1S/C17H28N2O6/c1-17(2,3)25-16(23)19-12(15(22)24-4)7-5-6-10-18-14(21)11-8-9-13(11)20/h11-12H,5-10H2,1-4H3,(H,18,21)(H,19,23). The second-order valence-electron chi connectivity index (χ2n) is 7.07. The van der Waals surface area contributed by atoms with Gasteiger partial charge in [0.05, 0.1) is 13.0 Å². The highest BCUT2D eigenvalue weighted by atomic mass is 16.6. The van der Waals surface area contributed by atoms with Crippen molar-refractivity contribution in [2.24, 2.45) is 5.92 Å². The Hall–Kier alpha value is -2.12. The molecular weight excluding hydrogens is 328 g/mol. The molecule has 0 saturated heterocycles. The lowest BCUT2D eigenvalue weighted by Gasteiger charge is -2.23. The number of ether oxygens (including phenoxy) is 2. The summed E-state index contributed by atoms with van der Waals surface area (Å²) in [6, 6.07) is -0.802. The van der Waals surface area contributed by atoms with Crippen LogP contribution in [0.4, 0.5) is 4.79 Å². The SMILES string of the molecule is COC(=O)C(CCCCNC(=O)C1CCC1=O)NC(=O)OC(C)(C)C. The van der Waals surface area contributed by atoms with E-state index in [2.05, 4.69) is 15.4 Å². The predicted molar refractivity (Wildman–Crippen MR) is 89.8 cm³/mol. The first-order valence-electron chi connectivity index (χ1n) is 8.52. The van der Waals surface area contributed by atoms with E-state index in [1.165, 1.54) is 7.11 Å². The number of alkyl carbamates (subject to hydrolysis) is 1. The molecule has 1 saturated carbocycles. The van der Waals surface area contributed by atoms with Crippen LogP contribution in [0.3, 0.4) is 0 Å². The van der Waals surface area contributed by atoms with Gasteiger partial charge in [0.1, 0.15) is 17.4 Å². The van der Waals surface area contributed by atoms with Crippen LogP contribution in [0.15, 0.2) is 0 Å². The number of carbonyl (C=O) groups excluding carboxylic acids is 4. The van der Waals surface area contributed by atoms with Gasteiger partial charge >= 0.3 is 12.1 Å². The van der Waals surface area contributed by atoms with Crippen molar-refractivity contribution in [2.75, 3.05) is 13.7 Å². The Morgan fingerprint density at radius 1 is 1.24 bits per heavy atom. The minimum absolute atomic E-state index is 0.00943. The Labute approximate surface area is 148 Å². The van der Waals surface area contributed by atoms with Gasteiger partial charge in [0.2, 0.25) is 5.91 Å². The molecule has 0 aliphatic heterocycles. The summed E-state index contributed by atoms with van der Waals surface area (Å²) in [6.07, 6.45) is 2.00. The molecule has 1 fully saturated rings. The molecule has 2 atom stereocenters. The zero-order valence-electron chi connectivity index (χ0n) is 15.3. The van der Waals surface area contributed by atoms with Gasteiger partial charge in [-0.3, -0.25) is 9.59 Å². The number of ketones is 1. The maximum atomic E-state index is 11.8. The second kappa shape index (κ2) is 9.39. The van der Waals surface area contributed by atoms with Crippen molar-refractivity contribution in [2.45, 2.75) is 64.5 Å². The topological polar surface area (TPSA) is 111 Å². The van der Waals surface area contributed by atoms with Crippen molar-refractivity contribution < 1.29 is 28.7 Å². The molecular formula is C17H28N2O6. The van der Waals surface area contributed by atoms with Gasteiger partial charge in [-0.25, -0.2) is 9.59 Å². The van der Waals surface area contributed by atoms with Crippen LogP contribution in [-0.2, 0) is 23.9 Å². The van der Waals surface area contributed by atoms with Crippen LogP contribution in [0, 0.1) is 5.92 Å². The van der Waals surface area contributed by atoms with E-state index in [0.717, 1.165) is 0 Å². The summed E-state index contributed by atoms with van der Waals surface area (Å²) in [5, 5.41) is 5.21. The van der Waals surface area contributed by atoms with Gasteiger partial charge in [0, 0.05) is 13.0 Å². The number of rotatable bonds is 8. The molecule has 25 heavy (non-hydrogen) atoms. The zero-order chi connectivity index (χ0) is 19.0. The van der Waals surface area contributed by atoms with Crippen LogP contribution in [0.25, 0.3) is 0 Å². The highest BCUT2D eigenvalue weighted by Gasteiger charge is 2.34. The number of Topliss-reactive ketones (excluding diaryl/α,β-unsaturated/α-hetero) is 1. The average Bonchev–Trinajstić information content (AvgIpc) is 2.49. The molecule has 0 radical (unpaired) electrons. The molecule has 0 aromatic rings. The molecule has 1 aliphatic carbocycles. The lowest BCUT2D eigenvalue weighted by molar-refractivity contribution is -0.143. The van der Waals surface area contributed by atoms with Gasteiger partial charge in [-0.2, -0.15) is 0 Å². The van der Waals surface area contributed by atoms with E-state index >= 15 is 0 Å². The van der Waals surface area contributed by atoms with Crippen LogP contribution >= 0.6 is 0 Å². The van der Waals surface area contributed by atoms with Crippen LogP contribution in [0.5, 0.6) is 0 Å². The van der Waals surface area contributed by atoms with Crippen molar-refractivity contribution >= 4 is 23.8 Å². The molecule has 2 N–H and O–H groups in total. The smallest absolute Gasteiger partial charge is 0.408 e. The maximum absolute atomic E-state index is 11.8. The largest absolute Gasteiger partial charge is 0.467 e. The molecule has 2 unspecified atom stereocenters. The Morgan fingerprint density at radius 3 is 2.40 bits per heavy atom. The van der Waals surface area contributed by atoms with Crippen LogP contribution < -0.4 is 10.6 Å². The number of amides is 2. The molecule has 1 rings (SSSR count). The van der Waals surface area contributed by atoms with Crippen molar-refractivity contribution in [1.29, 1.82) is 0 Å². The predicted octanol–water partition coefficient (Wildman–Crippen LogP) is 1.32. The summed E-state index contributed by atoms with van der Waals surface area (Å²) in [7, 11) is 1.25. The third-order valence-electron chi connectivity index (χ3n) is 3.78. The number of carbonyl (C=O) groups is 4. The summed E-state index contributed by atoms with van der Waals surface area (Å²) >= 11 is 0. The number of unbranched alkanes of at least 4 members (excludes halogenated alkanes) is 1. The number of hydrogen-bond acceptors (Lipinski definition) is 6. The fourth-order valence-electron chi connectivity index (χ4n) is 2.33. The van der Waals surface area contributed by atoms with E-state index in [0.29, 0.717) is 38.6 Å². The first kappa shape index (κ1) is 20.9. The average molecular weight is 356 g/mol. The van der Waals surface area contributed by atoms with E-state index in [1.54, 1.807) is 20.8 Å².